The van der Waals surface area contributed by atoms with Gasteiger partial charge < -0.3 is 0 Å². The fourth-order valence-electron chi connectivity index (χ4n) is 2.53. The lowest BCUT2D eigenvalue weighted by Gasteiger charge is -2.21. The van der Waals surface area contributed by atoms with Gasteiger partial charge >= 0.3 is 0 Å². The number of nitrogens with zero attached hydrogens (tertiary/aromatic N) is 1. The molecule has 1 aromatic heterocycles. The Kier molecular flexibility index (Phi) is 3.05. The molecule has 0 bridgehead atoms. The summed E-state index contributed by atoms with van der Waals surface area (Å²) < 4.78 is 23.5. The molecule has 0 aliphatic heterocycles. The van der Waals surface area contributed by atoms with Gasteiger partial charge in [0.05, 0.1) is 17.9 Å². The van der Waals surface area contributed by atoms with Crippen molar-refractivity contribution >= 4 is 13.3 Å². The number of benzene rings is 2. The van der Waals surface area contributed by atoms with Gasteiger partial charge in [0, 0.05) is 11.8 Å². The molecule has 0 spiro atoms. The molecule has 3 rings (SSSR count). The number of rotatable bonds is 3. The van der Waals surface area contributed by atoms with Gasteiger partial charge in [0.2, 0.25) is 0 Å². The summed E-state index contributed by atoms with van der Waals surface area (Å²) in [5, 5.41) is 1.29. The Labute approximate surface area is 137 Å². The van der Waals surface area contributed by atoms with Gasteiger partial charge in [0.1, 0.15) is 0 Å². The molecule has 3 aromatic rings. The zero-order valence-corrected chi connectivity index (χ0v) is 14.1. The second-order valence-electron chi connectivity index (χ2n) is 6.39. The second-order valence-corrected chi connectivity index (χ2v) is 11.4. The number of aromatic nitrogens is 1. The largest absolute Gasteiger partial charge is 0.256 e. The highest BCUT2D eigenvalue weighted by Crippen LogP contribution is 2.25. The summed E-state index contributed by atoms with van der Waals surface area (Å²) >= 11 is 0. The van der Waals surface area contributed by atoms with Crippen LogP contribution in [0, 0.1) is 0 Å². The van der Waals surface area contributed by atoms with Crippen molar-refractivity contribution in [2.24, 2.45) is 0 Å². The number of hydrogen-bond acceptors (Lipinski definition) is 1. The molecule has 0 aliphatic carbocycles. The van der Waals surface area contributed by atoms with Crippen LogP contribution in [0.3, 0.4) is 0 Å². The molecule has 1 heterocycles. The molecule has 0 fully saturated rings. The number of pyridine rings is 1. The SMILES string of the molecule is [2H]c1cc(-c2cc(-c3ccccc3)c([Si](C)(C)C)cn2)cc([2H])c1[2H]. The van der Waals surface area contributed by atoms with Crippen molar-refractivity contribution in [3.05, 3.63) is 72.9 Å². The van der Waals surface area contributed by atoms with Crippen molar-refractivity contribution in [3.8, 4) is 22.4 Å². The maximum Gasteiger partial charge on any atom is 0.0804 e. The molecule has 0 unspecified atom stereocenters. The highest BCUT2D eigenvalue weighted by Gasteiger charge is 2.22. The molecular weight excluding hydrogens is 282 g/mol. The monoisotopic (exact) mass is 306 g/mol. The summed E-state index contributed by atoms with van der Waals surface area (Å²) in [4.78, 5) is 4.62. The predicted octanol–water partition coefficient (Wildman–Crippen LogP) is 4.96. The number of hydrogen-bond donors (Lipinski definition) is 0. The van der Waals surface area contributed by atoms with Gasteiger partial charge in [-0.2, -0.15) is 0 Å². The average Bonchev–Trinajstić information content (AvgIpc) is 2.58. The molecule has 110 valence electrons. The third-order valence-corrected chi connectivity index (χ3v) is 5.71. The van der Waals surface area contributed by atoms with Gasteiger partial charge in [0.15, 0.2) is 0 Å². The van der Waals surface area contributed by atoms with E-state index in [-0.39, 0.29) is 18.1 Å². The third kappa shape index (κ3) is 3.02. The Balaban J connectivity index is 2.22. The quantitative estimate of drug-likeness (QED) is 0.623. The van der Waals surface area contributed by atoms with Crippen LogP contribution in [0.15, 0.2) is 72.9 Å². The van der Waals surface area contributed by atoms with E-state index in [4.69, 9.17) is 4.11 Å². The van der Waals surface area contributed by atoms with Crippen LogP contribution in [0.1, 0.15) is 4.11 Å². The normalized spacial score (nSPS) is 13.3. The van der Waals surface area contributed by atoms with E-state index >= 15 is 0 Å². The summed E-state index contributed by atoms with van der Waals surface area (Å²) in [5.74, 6) is 0. The first-order valence-corrected chi connectivity index (χ1v) is 10.9. The Hall–Kier alpha value is -2.19. The van der Waals surface area contributed by atoms with Gasteiger partial charge in [0.25, 0.3) is 0 Å². The van der Waals surface area contributed by atoms with Gasteiger partial charge in [-0.25, -0.2) is 0 Å². The fraction of sp³-hybridized carbons (Fsp3) is 0.150. The Morgan fingerprint density at radius 3 is 2.18 bits per heavy atom. The average molecular weight is 306 g/mol. The standard InChI is InChI=1S/C20H21NSi/c1-22(2,3)20-15-21-19(17-12-8-5-9-13-17)14-18(20)16-10-6-4-7-11-16/h4-15H,1-3H3/i5D,8D,9D. The zero-order valence-electron chi connectivity index (χ0n) is 16.1. The van der Waals surface area contributed by atoms with E-state index in [2.05, 4.69) is 42.8 Å². The molecule has 0 aliphatic rings. The zero-order chi connectivity index (χ0) is 18.2. The summed E-state index contributed by atoms with van der Waals surface area (Å²) in [6, 6.07) is 15.6. The molecule has 0 atom stereocenters. The first-order chi connectivity index (χ1) is 11.8. The van der Waals surface area contributed by atoms with E-state index in [1.54, 1.807) is 12.1 Å². The van der Waals surface area contributed by atoms with Crippen molar-refractivity contribution in [2.75, 3.05) is 0 Å². The molecule has 0 saturated carbocycles. The van der Waals surface area contributed by atoms with Crippen molar-refractivity contribution in [3.63, 3.8) is 0 Å². The minimum atomic E-state index is -1.58. The lowest BCUT2D eigenvalue weighted by molar-refractivity contribution is 1.34. The summed E-state index contributed by atoms with van der Waals surface area (Å²) in [5.41, 5.74) is 3.77. The Morgan fingerprint density at radius 2 is 1.55 bits per heavy atom. The molecule has 0 saturated heterocycles. The molecule has 0 radical (unpaired) electrons. The Morgan fingerprint density at radius 1 is 0.864 bits per heavy atom. The topological polar surface area (TPSA) is 12.9 Å². The van der Waals surface area contributed by atoms with Gasteiger partial charge in [-0.1, -0.05) is 80.2 Å². The molecular formula is C20H21NSi. The maximum absolute atomic E-state index is 7.88. The van der Waals surface area contributed by atoms with Crippen LogP contribution in [0.4, 0.5) is 0 Å². The van der Waals surface area contributed by atoms with Crippen molar-refractivity contribution in [1.29, 1.82) is 0 Å². The van der Waals surface area contributed by atoms with Crippen LogP contribution >= 0.6 is 0 Å². The Bertz CT molecular complexity index is 895. The second kappa shape index (κ2) is 5.89. The third-order valence-electron chi connectivity index (χ3n) is 3.69. The summed E-state index contributed by atoms with van der Waals surface area (Å²) in [7, 11) is -1.58. The predicted molar refractivity (Wildman–Crippen MR) is 98.1 cm³/mol. The van der Waals surface area contributed by atoms with Gasteiger partial charge in [-0.05, 0) is 22.4 Å². The highest BCUT2D eigenvalue weighted by molar-refractivity contribution is 6.89. The minimum Gasteiger partial charge on any atom is -0.256 e. The van der Waals surface area contributed by atoms with Crippen molar-refractivity contribution < 1.29 is 4.11 Å². The molecule has 0 N–H and O–H groups in total. The summed E-state index contributed by atoms with van der Waals surface area (Å²) in [6.07, 6.45) is 1.95. The molecule has 1 nitrogen and oxygen atoms in total. The summed E-state index contributed by atoms with van der Waals surface area (Å²) in [6.45, 7) is 6.90. The first-order valence-electron chi connectivity index (χ1n) is 8.91. The van der Waals surface area contributed by atoms with Crippen LogP contribution in [0.25, 0.3) is 22.4 Å². The van der Waals surface area contributed by atoms with E-state index in [0.29, 0.717) is 5.56 Å². The molecule has 2 aromatic carbocycles. The van der Waals surface area contributed by atoms with Crippen LogP contribution < -0.4 is 5.19 Å². The van der Waals surface area contributed by atoms with E-state index < -0.39 is 8.07 Å². The van der Waals surface area contributed by atoms with Crippen LogP contribution in [-0.4, -0.2) is 13.1 Å². The van der Waals surface area contributed by atoms with Crippen molar-refractivity contribution in [1.82, 2.24) is 4.98 Å². The lowest BCUT2D eigenvalue weighted by Crippen LogP contribution is -2.39. The van der Waals surface area contributed by atoms with Gasteiger partial charge in [-0.3, -0.25) is 4.98 Å². The first kappa shape index (κ1) is 11.4. The lowest BCUT2D eigenvalue weighted by atomic mass is 10.0. The van der Waals surface area contributed by atoms with Crippen LogP contribution in [-0.2, 0) is 0 Å². The highest BCUT2D eigenvalue weighted by atomic mass is 28.3. The van der Waals surface area contributed by atoms with Gasteiger partial charge in [-0.15, -0.1) is 0 Å². The molecule has 0 amide bonds. The van der Waals surface area contributed by atoms with E-state index in [1.165, 1.54) is 5.19 Å². The van der Waals surface area contributed by atoms with Crippen LogP contribution in [0.5, 0.6) is 0 Å². The van der Waals surface area contributed by atoms with Crippen LogP contribution in [0.2, 0.25) is 19.6 Å². The molecule has 2 heteroatoms. The van der Waals surface area contributed by atoms with E-state index in [1.807, 2.05) is 24.4 Å². The molecule has 22 heavy (non-hydrogen) atoms. The van der Waals surface area contributed by atoms with Crippen molar-refractivity contribution in [2.45, 2.75) is 19.6 Å². The van der Waals surface area contributed by atoms with E-state index in [9.17, 15) is 0 Å². The minimum absolute atomic E-state index is 0.0502. The smallest absolute Gasteiger partial charge is 0.0804 e. The fourth-order valence-corrected chi connectivity index (χ4v) is 4.00. The maximum atomic E-state index is 7.88. The van der Waals surface area contributed by atoms with E-state index in [0.717, 1.165) is 16.8 Å².